The third kappa shape index (κ3) is 4.99. The van der Waals surface area contributed by atoms with Crippen LogP contribution in [0, 0.1) is 0 Å². The molecule has 0 bridgehead atoms. The molecule has 0 fully saturated rings. The summed E-state index contributed by atoms with van der Waals surface area (Å²) in [5, 5.41) is 3.01. The second kappa shape index (κ2) is 9.05. The van der Waals surface area contributed by atoms with Gasteiger partial charge in [0.15, 0.2) is 0 Å². The van der Waals surface area contributed by atoms with E-state index in [2.05, 4.69) is 5.32 Å². The van der Waals surface area contributed by atoms with E-state index in [4.69, 9.17) is 9.15 Å². The van der Waals surface area contributed by atoms with Gasteiger partial charge in [-0.3, -0.25) is 9.69 Å². The van der Waals surface area contributed by atoms with Crippen molar-refractivity contribution in [1.29, 1.82) is 0 Å². The Kier molecular flexibility index (Phi) is 6.28. The zero-order chi connectivity index (χ0) is 19.1. The van der Waals surface area contributed by atoms with Crippen LogP contribution >= 0.6 is 0 Å². The number of para-hydroxylation sites is 1. The number of rotatable bonds is 8. The number of nitrogens with one attached hydrogen (secondary N) is 1. The highest BCUT2D eigenvalue weighted by Gasteiger charge is 2.19. The van der Waals surface area contributed by atoms with Crippen molar-refractivity contribution in [3.63, 3.8) is 0 Å². The minimum absolute atomic E-state index is 0.0309. The quantitative estimate of drug-likeness (QED) is 0.659. The van der Waals surface area contributed by atoms with Crippen LogP contribution < -0.4 is 10.1 Å². The lowest BCUT2D eigenvalue weighted by Gasteiger charge is -2.23. The molecule has 0 aliphatic rings. The van der Waals surface area contributed by atoms with Gasteiger partial charge in [0.1, 0.15) is 18.1 Å². The molecule has 5 heteroatoms. The smallest absolute Gasteiger partial charge is 0.251 e. The molecule has 3 rings (SSSR count). The van der Waals surface area contributed by atoms with Crippen molar-refractivity contribution >= 4 is 5.91 Å². The number of likely N-dealkylation sites (N-methyl/N-ethyl adjacent to an activating group) is 1. The molecule has 27 heavy (non-hydrogen) atoms. The van der Waals surface area contributed by atoms with E-state index in [0.29, 0.717) is 18.7 Å². The average Bonchev–Trinajstić information content (AvgIpc) is 3.21. The maximum atomic E-state index is 12.8. The molecule has 0 spiro atoms. The van der Waals surface area contributed by atoms with E-state index in [0.717, 1.165) is 17.1 Å². The summed E-state index contributed by atoms with van der Waals surface area (Å²) in [6.45, 7) is 0.788. The molecule has 0 saturated carbocycles. The number of carbonyl (C=O) groups is 1. The van der Waals surface area contributed by atoms with Crippen LogP contribution in [0.2, 0.25) is 0 Å². The molecule has 0 saturated heterocycles. The number of amides is 1. The third-order valence-electron chi connectivity index (χ3n) is 4.35. The van der Waals surface area contributed by atoms with Crippen molar-refractivity contribution in [2.75, 3.05) is 20.6 Å². The summed E-state index contributed by atoms with van der Waals surface area (Å²) in [7, 11) is 3.92. The molecule has 0 aliphatic heterocycles. The predicted molar refractivity (Wildman–Crippen MR) is 105 cm³/mol. The lowest BCUT2D eigenvalue weighted by atomic mass is 10.1. The molecule has 1 heterocycles. The summed E-state index contributed by atoms with van der Waals surface area (Å²) >= 11 is 0. The van der Waals surface area contributed by atoms with Crippen molar-refractivity contribution < 1.29 is 13.9 Å². The fraction of sp³-hybridized carbons (Fsp3) is 0.227. The van der Waals surface area contributed by atoms with Gasteiger partial charge in [0.2, 0.25) is 0 Å². The van der Waals surface area contributed by atoms with Crippen LogP contribution in [0.25, 0.3) is 0 Å². The zero-order valence-electron chi connectivity index (χ0n) is 15.6. The van der Waals surface area contributed by atoms with Gasteiger partial charge < -0.3 is 14.5 Å². The first kappa shape index (κ1) is 18.7. The molecule has 140 valence electrons. The molecule has 5 nitrogen and oxygen atoms in total. The Bertz CT molecular complexity index is 845. The number of hydrogen-bond acceptors (Lipinski definition) is 4. The minimum Gasteiger partial charge on any atom is -0.489 e. The normalized spacial score (nSPS) is 12.0. The second-order valence-electron chi connectivity index (χ2n) is 6.46. The van der Waals surface area contributed by atoms with Gasteiger partial charge in [-0.25, -0.2) is 0 Å². The molecular formula is C22H24N2O3. The van der Waals surface area contributed by atoms with E-state index in [1.165, 1.54) is 0 Å². The Balaban J connectivity index is 1.66. The fourth-order valence-corrected chi connectivity index (χ4v) is 2.85. The number of carbonyl (C=O) groups excluding carboxylic acids is 1. The molecule has 1 aromatic heterocycles. The highest BCUT2D eigenvalue weighted by molar-refractivity contribution is 5.95. The Hall–Kier alpha value is -3.05. The van der Waals surface area contributed by atoms with E-state index >= 15 is 0 Å². The van der Waals surface area contributed by atoms with E-state index in [1.54, 1.807) is 6.26 Å². The van der Waals surface area contributed by atoms with Gasteiger partial charge in [-0.2, -0.15) is 0 Å². The topological polar surface area (TPSA) is 54.7 Å². The predicted octanol–water partition coefficient (Wildman–Crippen LogP) is 3.89. The SMILES string of the molecule is CN(C)C(CNC(=O)c1ccccc1COc1ccccc1)c1ccco1. The summed E-state index contributed by atoms with van der Waals surface area (Å²) in [4.78, 5) is 14.8. The van der Waals surface area contributed by atoms with Crippen molar-refractivity contribution in [1.82, 2.24) is 10.2 Å². The largest absolute Gasteiger partial charge is 0.489 e. The van der Waals surface area contributed by atoms with E-state index in [-0.39, 0.29) is 11.9 Å². The van der Waals surface area contributed by atoms with Crippen molar-refractivity contribution in [2.24, 2.45) is 0 Å². The first-order valence-electron chi connectivity index (χ1n) is 8.89. The van der Waals surface area contributed by atoms with E-state index in [9.17, 15) is 4.79 Å². The summed E-state index contributed by atoms with van der Waals surface area (Å²) in [5.41, 5.74) is 1.46. The van der Waals surface area contributed by atoms with Gasteiger partial charge in [-0.1, -0.05) is 36.4 Å². The van der Waals surface area contributed by atoms with Crippen molar-refractivity contribution in [3.05, 3.63) is 89.9 Å². The molecule has 1 amide bonds. The van der Waals surface area contributed by atoms with Crippen LogP contribution in [0.1, 0.15) is 27.7 Å². The fourth-order valence-electron chi connectivity index (χ4n) is 2.85. The maximum Gasteiger partial charge on any atom is 0.251 e. The third-order valence-corrected chi connectivity index (χ3v) is 4.35. The monoisotopic (exact) mass is 364 g/mol. The van der Waals surface area contributed by atoms with Crippen LogP contribution in [-0.2, 0) is 6.61 Å². The molecular weight excluding hydrogens is 340 g/mol. The van der Waals surface area contributed by atoms with Crippen molar-refractivity contribution in [3.8, 4) is 5.75 Å². The summed E-state index contributed by atoms with van der Waals surface area (Å²) in [6, 6.07) is 20.8. The number of nitrogens with zero attached hydrogens (tertiary/aromatic N) is 1. The minimum atomic E-state index is -0.124. The van der Waals surface area contributed by atoms with Gasteiger partial charge in [0, 0.05) is 17.7 Å². The maximum absolute atomic E-state index is 12.8. The highest BCUT2D eigenvalue weighted by atomic mass is 16.5. The average molecular weight is 364 g/mol. The molecule has 1 atom stereocenters. The molecule has 1 unspecified atom stereocenters. The Morgan fingerprint density at radius 2 is 1.78 bits per heavy atom. The number of hydrogen-bond donors (Lipinski definition) is 1. The molecule has 2 aromatic carbocycles. The lowest BCUT2D eigenvalue weighted by Crippen LogP contribution is -2.34. The van der Waals surface area contributed by atoms with Crippen LogP contribution in [0.15, 0.2) is 77.4 Å². The molecule has 0 aliphatic carbocycles. The van der Waals surface area contributed by atoms with Gasteiger partial charge in [-0.05, 0) is 44.4 Å². The summed E-state index contributed by atoms with van der Waals surface area (Å²) in [6.07, 6.45) is 1.64. The summed E-state index contributed by atoms with van der Waals surface area (Å²) < 4.78 is 11.3. The van der Waals surface area contributed by atoms with Crippen LogP contribution in [-0.4, -0.2) is 31.4 Å². The standard InChI is InChI=1S/C22H24N2O3/c1-24(2)20(21-13-8-14-26-21)15-23-22(25)19-12-7-6-9-17(19)16-27-18-10-4-3-5-11-18/h3-14,20H,15-16H2,1-2H3,(H,23,25). The van der Waals surface area contributed by atoms with Gasteiger partial charge in [0.25, 0.3) is 5.91 Å². The number of furan rings is 1. The van der Waals surface area contributed by atoms with Gasteiger partial charge >= 0.3 is 0 Å². The Morgan fingerprint density at radius 1 is 1.04 bits per heavy atom. The van der Waals surface area contributed by atoms with Crippen LogP contribution in [0.4, 0.5) is 0 Å². The molecule has 3 aromatic rings. The summed E-state index contributed by atoms with van der Waals surface area (Å²) in [5.74, 6) is 1.47. The second-order valence-corrected chi connectivity index (χ2v) is 6.46. The number of benzene rings is 2. The van der Waals surface area contributed by atoms with E-state index in [1.807, 2.05) is 85.7 Å². The zero-order valence-corrected chi connectivity index (χ0v) is 15.6. The highest BCUT2D eigenvalue weighted by Crippen LogP contribution is 2.19. The van der Waals surface area contributed by atoms with Crippen LogP contribution in [0.5, 0.6) is 5.75 Å². The van der Waals surface area contributed by atoms with Gasteiger partial charge in [-0.15, -0.1) is 0 Å². The van der Waals surface area contributed by atoms with Crippen molar-refractivity contribution in [2.45, 2.75) is 12.6 Å². The first-order valence-corrected chi connectivity index (χ1v) is 8.89. The first-order chi connectivity index (χ1) is 13.1. The lowest BCUT2D eigenvalue weighted by molar-refractivity contribution is 0.0936. The Labute approximate surface area is 159 Å². The van der Waals surface area contributed by atoms with E-state index < -0.39 is 0 Å². The van der Waals surface area contributed by atoms with Crippen LogP contribution in [0.3, 0.4) is 0 Å². The molecule has 1 N–H and O–H groups in total. The van der Waals surface area contributed by atoms with Gasteiger partial charge in [0.05, 0.1) is 12.3 Å². The number of ether oxygens (including phenoxy) is 1. The Morgan fingerprint density at radius 3 is 2.48 bits per heavy atom. The molecule has 0 radical (unpaired) electrons.